The zero-order chi connectivity index (χ0) is 12.8. The second-order valence-electron chi connectivity index (χ2n) is 4.92. The number of aliphatic hydroxyl groups is 2. The topological polar surface area (TPSA) is 66.8 Å². The molecule has 0 heterocycles. The average molecular weight is 230 g/mol. The summed E-state index contributed by atoms with van der Waals surface area (Å²) in [5.74, 6) is -0.357. The number of carbonyl (C=O) groups is 1. The highest BCUT2D eigenvalue weighted by molar-refractivity contribution is 5.75. The van der Waals surface area contributed by atoms with Crippen molar-refractivity contribution in [3.8, 4) is 0 Å². The minimum atomic E-state index is -0.832. The van der Waals surface area contributed by atoms with Crippen molar-refractivity contribution in [2.24, 2.45) is 5.41 Å². The Kier molecular flexibility index (Phi) is 6.29. The fraction of sp³-hybridized carbons (Fsp3) is 0.750. The van der Waals surface area contributed by atoms with E-state index in [4.69, 9.17) is 4.74 Å². The smallest absolute Gasteiger partial charge is 0.311 e. The van der Waals surface area contributed by atoms with E-state index in [2.05, 4.69) is 6.58 Å². The van der Waals surface area contributed by atoms with Gasteiger partial charge in [0.15, 0.2) is 0 Å². The van der Waals surface area contributed by atoms with Gasteiger partial charge in [-0.1, -0.05) is 6.08 Å². The standard InChI is InChI=1S/C12H22O4/c1-5-6-9(13)7-10(14)8-16-11(15)12(2,3)4/h5,9-10,13-14H,1,6-8H2,2-4H3/t9-,10+/m1/s1. The van der Waals surface area contributed by atoms with Crippen LogP contribution in [0, 0.1) is 5.41 Å². The van der Waals surface area contributed by atoms with Crippen LogP contribution in [-0.2, 0) is 9.53 Å². The lowest BCUT2D eigenvalue weighted by Crippen LogP contribution is -2.29. The van der Waals surface area contributed by atoms with Crippen molar-refractivity contribution >= 4 is 5.97 Å². The summed E-state index contributed by atoms with van der Waals surface area (Å²) in [4.78, 5) is 11.4. The van der Waals surface area contributed by atoms with E-state index in [0.29, 0.717) is 6.42 Å². The Hall–Kier alpha value is -0.870. The molecule has 0 aromatic heterocycles. The molecule has 0 aromatic carbocycles. The lowest BCUT2D eigenvalue weighted by molar-refractivity contribution is -0.156. The third-order valence-electron chi connectivity index (χ3n) is 2.00. The molecule has 0 saturated heterocycles. The van der Waals surface area contributed by atoms with Gasteiger partial charge in [-0.3, -0.25) is 4.79 Å². The molecular weight excluding hydrogens is 208 g/mol. The van der Waals surface area contributed by atoms with E-state index in [1.54, 1.807) is 26.8 Å². The minimum absolute atomic E-state index is 0.0791. The molecule has 0 saturated carbocycles. The zero-order valence-corrected chi connectivity index (χ0v) is 10.3. The van der Waals surface area contributed by atoms with Crippen molar-refractivity contribution in [2.45, 2.75) is 45.8 Å². The van der Waals surface area contributed by atoms with Crippen molar-refractivity contribution in [2.75, 3.05) is 6.61 Å². The van der Waals surface area contributed by atoms with Crippen LogP contribution in [0.4, 0.5) is 0 Å². The number of ether oxygens (including phenoxy) is 1. The maximum absolute atomic E-state index is 11.4. The van der Waals surface area contributed by atoms with Gasteiger partial charge in [-0.2, -0.15) is 0 Å². The van der Waals surface area contributed by atoms with Crippen molar-refractivity contribution in [1.82, 2.24) is 0 Å². The van der Waals surface area contributed by atoms with Crippen LogP contribution in [-0.4, -0.2) is 35.0 Å². The van der Waals surface area contributed by atoms with E-state index >= 15 is 0 Å². The molecule has 2 atom stereocenters. The molecule has 0 rings (SSSR count). The molecule has 94 valence electrons. The van der Waals surface area contributed by atoms with Crippen LogP contribution >= 0.6 is 0 Å². The first kappa shape index (κ1) is 15.1. The number of aliphatic hydroxyl groups excluding tert-OH is 2. The van der Waals surface area contributed by atoms with Gasteiger partial charge in [0.1, 0.15) is 6.61 Å². The largest absolute Gasteiger partial charge is 0.463 e. The van der Waals surface area contributed by atoms with Gasteiger partial charge in [0.25, 0.3) is 0 Å². The van der Waals surface area contributed by atoms with E-state index < -0.39 is 17.6 Å². The predicted molar refractivity (Wildman–Crippen MR) is 61.9 cm³/mol. The molecule has 0 fully saturated rings. The molecule has 0 unspecified atom stereocenters. The summed E-state index contributed by atoms with van der Waals surface area (Å²) in [6.07, 6.45) is 0.716. The van der Waals surface area contributed by atoms with Crippen LogP contribution in [0.3, 0.4) is 0 Å². The van der Waals surface area contributed by atoms with Gasteiger partial charge in [0.2, 0.25) is 0 Å². The Morgan fingerprint density at radius 1 is 1.38 bits per heavy atom. The third kappa shape index (κ3) is 6.58. The number of rotatable bonds is 6. The van der Waals surface area contributed by atoms with Crippen LogP contribution in [0.1, 0.15) is 33.6 Å². The van der Waals surface area contributed by atoms with Crippen molar-refractivity contribution in [1.29, 1.82) is 0 Å². The Labute approximate surface area is 96.9 Å². The average Bonchev–Trinajstić information content (AvgIpc) is 2.12. The maximum atomic E-state index is 11.4. The summed E-state index contributed by atoms with van der Waals surface area (Å²) in [5.41, 5.74) is -0.570. The van der Waals surface area contributed by atoms with Crippen molar-refractivity contribution in [3.05, 3.63) is 12.7 Å². The summed E-state index contributed by atoms with van der Waals surface area (Å²) in [5, 5.41) is 18.9. The monoisotopic (exact) mass is 230 g/mol. The molecule has 0 aliphatic heterocycles. The predicted octanol–water partition coefficient (Wildman–Crippen LogP) is 1.26. The van der Waals surface area contributed by atoms with Crippen molar-refractivity contribution in [3.63, 3.8) is 0 Å². The first-order valence-electron chi connectivity index (χ1n) is 5.41. The number of hydrogen-bond donors (Lipinski definition) is 2. The lowest BCUT2D eigenvalue weighted by Gasteiger charge is -2.19. The van der Waals surface area contributed by atoms with E-state index in [9.17, 15) is 15.0 Å². The van der Waals surface area contributed by atoms with Crippen LogP contribution in [0.15, 0.2) is 12.7 Å². The summed E-state index contributed by atoms with van der Waals surface area (Å²) in [7, 11) is 0. The quantitative estimate of drug-likeness (QED) is 0.532. The van der Waals surface area contributed by atoms with Gasteiger partial charge in [-0.05, 0) is 27.2 Å². The van der Waals surface area contributed by atoms with Gasteiger partial charge >= 0.3 is 5.97 Å². The van der Waals surface area contributed by atoms with Gasteiger partial charge in [-0.25, -0.2) is 0 Å². The molecule has 4 heteroatoms. The van der Waals surface area contributed by atoms with Gasteiger partial charge in [0, 0.05) is 6.42 Å². The highest BCUT2D eigenvalue weighted by Crippen LogP contribution is 2.15. The molecule has 4 nitrogen and oxygen atoms in total. The molecule has 0 bridgehead atoms. The second kappa shape index (κ2) is 6.66. The molecule has 0 aromatic rings. The van der Waals surface area contributed by atoms with Gasteiger partial charge in [-0.15, -0.1) is 6.58 Å². The number of hydrogen-bond acceptors (Lipinski definition) is 4. The van der Waals surface area contributed by atoms with Crippen LogP contribution in [0.2, 0.25) is 0 Å². The van der Waals surface area contributed by atoms with Gasteiger partial charge in [0.05, 0.1) is 17.6 Å². The van der Waals surface area contributed by atoms with E-state index in [1.807, 2.05) is 0 Å². The molecule has 0 amide bonds. The highest BCUT2D eigenvalue weighted by atomic mass is 16.5. The Bertz CT molecular complexity index is 230. The van der Waals surface area contributed by atoms with Crippen molar-refractivity contribution < 1.29 is 19.7 Å². The van der Waals surface area contributed by atoms with Crippen LogP contribution in [0.5, 0.6) is 0 Å². The SMILES string of the molecule is C=CC[C@@H](O)C[C@H](O)COC(=O)C(C)(C)C. The van der Waals surface area contributed by atoms with Gasteiger partial charge < -0.3 is 14.9 Å². The molecule has 0 spiro atoms. The Morgan fingerprint density at radius 3 is 2.38 bits per heavy atom. The Balaban J connectivity index is 3.85. The first-order chi connectivity index (χ1) is 7.27. The summed E-state index contributed by atoms with van der Waals surface area (Å²) < 4.78 is 4.92. The Morgan fingerprint density at radius 2 is 1.94 bits per heavy atom. The lowest BCUT2D eigenvalue weighted by atomic mass is 9.97. The fourth-order valence-corrected chi connectivity index (χ4v) is 1.06. The molecule has 16 heavy (non-hydrogen) atoms. The molecule has 0 aliphatic carbocycles. The maximum Gasteiger partial charge on any atom is 0.311 e. The first-order valence-corrected chi connectivity index (χ1v) is 5.41. The van der Waals surface area contributed by atoms with Crippen LogP contribution < -0.4 is 0 Å². The number of carbonyl (C=O) groups excluding carboxylic acids is 1. The molecular formula is C12H22O4. The second-order valence-corrected chi connectivity index (χ2v) is 4.92. The summed E-state index contributed by atoms with van der Waals surface area (Å²) >= 11 is 0. The highest BCUT2D eigenvalue weighted by Gasteiger charge is 2.24. The van der Waals surface area contributed by atoms with E-state index in [1.165, 1.54) is 0 Å². The minimum Gasteiger partial charge on any atom is -0.463 e. The normalized spacial score (nSPS) is 15.3. The van der Waals surface area contributed by atoms with Crippen LogP contribution in [0.25, 0.3) is 0 Å². The molecule has 0 radical (unpaired) electrons. The van der Waals surface area contributed by atoms with E-state index in [0.717, 1.165) is 0 Å². The third-order valence-corrected chi connectivity index (χ3v) is 2.00. The number of esters is 1. The fourth-order valence-electron chi connectivity index (χ4n) is 1.06. The van der Waals surface area contributed by atoms with E-state index in [-0.39, 0.29) is 19.0 Å². The zero-order valence-electron chi connectivity index (χ0n) is 10.3. The molecule has 2 N–H and O–H groups in total. The summed E-state index contributed by atoms with van der Waals surface area (Å²) in [6.45, 7) is 8.64. The molecule has 0 aliphatic rings. The summed E-state index contributed by atoms with van der Waals surface area (Å²) in [6, 6.07) is 0.